The van der Waals surface area contributed by atoms with Crippen molar-refractivity contribution < 1.29 is 17.6 Å². The van der Waals surface area contributed by atoms with Crippen LogP contribution < -0.4 is 0 Å². The van der Waals surface area contributed by atoms with Crippen molar-refractivity contribution in [3.05, 3.63) is 29.1 Å². The third-order valence-corrected chi connectivity index (χ3v) is 1.49. The van der Waals surface area contributed by atoms with Gasteiger partial charge in [0.1, 0.15) is 0 Å². The van der Waals surface area contributed by atoms with Gasteiger partial charge in [0.05, 0.1) is 11.4 Å². The first kappa shape index (κ1) is 9.25. The van der Waals surface area contributed by atoms with Gasteiger partial charge in [-0.1, -0.05) is 0 Å². The summed E-state index contributed by atoms with van der Waals surface area (Å²) in [5.41, 5.74) is -0.768. The number of alkyl halides is 1. The maximum Gasteiger partial charge on any atom is 0.254 e. The molecule has 0 saturated carbocycles. The lowest BCUT2D eigenvalue weighted by Gasteiger charge is -2.00. The Labute approximate surface area is 70.0 Å². The van der Waals surface area contributed by atoms with Crippen molar-refractivity contribution in [2.45, 2.75) is 5.88 Å². The highest BCUT2D eigenvalue weighted by Crippen LogP contribution is 2.17. The number of aromatic nitrogens is 1. The van der Waals surface area contributed by atoms with Crippen molar-refractivity contribution in [2.75, 3.05) is 0 Å². The second-order valence-corrected chi connectivity index (χ2v) is 2.20. The van der Waals surface area contributed by atoms with E-state index in [4.69, 9.17) is 11.6 Å². The van der Waals surface area contributed by atoms with Crippen molar-refractivity contribution in [3.8, 4) is 0 Å². The molecule has 1 nitrogen and oxygen atoms in total. The summed E-state index contributed by atoms with van der Waals surface area (Å²) in [5.74, 6) is -7.27. The van der Waals surface area contributed by atoms with E-state index in [2.05, 4.69) is 4.98 Å². The summed E-state index contributed by atoms with van der Waals surface area (Å²) in [4.78, 5) is 2.47. The Morgan fingerprint density at radius 3 is 2.08 bits per heavy atom. The van der Waals surface area contributed by atoms with Gasteiger partial charge in [0.2, 0.25) is 11.8 Å². The van der Waals surface area contributed by atoms with Crippen molar-refractivity contribution in [1.82, 2.24) is 4.98 Å². The van der Waals surface area contributed by atoms with Crippen LogP contribution in [-0.2, 0) is 5.88 Å². The Hall–Kier alpha value is -0.840. The number of pyridine rings is 1. The van der Waals surface area contributed by atoms with Gasteiger partial charge in [-0.2, -0.15) is 18.2 Å². The van der Waals surface area contributed by atoms with Crippen LogP contribution in [0.5, 0.6) is 0 Å². The quantitative estimate of drug-likeness (QED) is 0.384. The number of nitrogens with zero attached hydrogens (tertiary/aromatic N) is 1. The van der Waals surface area contributed by atoms with Gasteiger partial charge in [0.15, 0.2) is 5.82 Å². The third-order valence-electron chi connectivity index (χ3n) is 1.22. The molecule has 0 bridgehead atoms. The van der Waals surface area contributed by atoms with E-state index in [9.17, 15) is 17.6 Å². The molecule has 0 aliphatic carbocycles. The SMILES string of the molecule is Fc1nc(F)c(CCl)c(F)c1F. The first-order valence-corrected chi connectivity index (χ1v) is 3.36. The molecule has 6 heteroatoms. The average Bonchev–Trinajstić information content (AvgIpc) is 2.01. The zero-order valence-electron chi connectivity index (χ0n) is 5.54. The van der Waals surface area contributed by atoms with E-state index in [0.29, 0.717) is 0 Å². The van der Waals surface area contributed by atoms with Gasteiger partial charge in [-0.05, 0) is 0 Å². The molecule has 0 aliphatic heterocycles. The smallest absolute Gasteiger partial charge is 0.203 e. The molecular formula is C6H2ClF4N. The lowest BCUT2D eigenvalue weighted by Crippen LogP contribution is -2.04. The number of hydrogen-bond acceptors (Lipinski definition) is 1. The van der Waals surface area contributed by atoms with Crippen molar-refractivity contribution in [3.63, 3.8) is 0 Å². The van der Waals surface area contributed by atoms with Crippen LogP contribution in [-0.4, -0.2) is 4.98 Å². The first-order valence-electron chi connectivity index (χ1n) is 2.82. The molecule has 66 valence electrons. The van der Waals surface area contributed by atoms with Crippen LogP contribution in [0.4, 0.5) is 17.6 Å². The molecule has 0 amide bonds. The van der Waals surface area contributed by atoms with Gasteiger partial charge < -0.3 is 0 Å². The zero-order valence-corrected chi connectivity index (χ0v) is 6.30. The van der Waals surface area contributed by atoms with E-state index in [1.807, 2.05) is 0 Å². The summed E-state index contributed by atoms with van der Waals surface area (Å²) in [7, 11) is 0. The summed E-state index contributed by atoms with van der Waals surface area (Å²) >= 11 is 5.05. The Bertz CT molecular complexity index is 315. The second-order valence-electron chi connectivity index (χ2n) is 1.93. The standard InChI is InChI=1S/C6H2ClF4N/c7-1-2-3(8)4(9)6(11)12-5(2)10/h1H2. The molecule has 0 aromatic carbocycles. The van der Waals surface area contributed by atoms with E-state index < -0.39 is 35.0 Å². The molecular weight excluding hydrogens is 198 g/mol. The van der Waals surface area contributed by atoms with Crippen molar-refractivity contribution in [2.24, 2.45) is 0 Å². The molecule has 0 saturated heterocycles. The predicted molar refractivity (Wildman–Crippen MR) is 33.6 cm³/mol. The summed E-state index contributed by atoms with van der Waals surface area (Å²) < 4.78 is 49.5. The normalized spacial score (nSPS) is 10.4. The van der Waals surface area contributed by atoms with Gasteiger partial charge in [0.25, 0.3) is 5.95 Å². The average molecular weight is 200 g/mol. The zero-order chi connectivity index (χ0) is 9.30. The highest BCUT2D eigenvalue weighted by atomic mass is 35.5. The van der Waals surface area contributed by atoms with E-state index in [1.54, 1.807) is 0 Å². The summed E-state index contributed by atoms with van der Waals surface area (Å²) in [6.07, 6.45) is 0. The van der Waals surface area contributed by atoms with Crippen LogP contribution in [0, 0.1) is 23.5 Å². The number of halogens is 5. The van der Waals surface area contributed by atoms with Gasteiger partial charge in [-0.3, -0.25) is 0 Å². The van der Waals surface area contributed by atoms with Gasteiger partial charge in [0, 0.05) is 0 Å². The molecule has 0 N–H and O–H groups in total. The van der Waals surface area contributed by atoms with E-state index in [-0.39, 0.29) is 0 Å². The van der Waals surface area contributed by atoms with Gasteiger partial charge in [-0.15, -0.1) is 11.6 Å². The number of rotatable bonds is 1. The number of hydrogen-bond donors (Lipinski definition) is 0. The largest absolute Gasteiger partial charge is 0.254 e. The van der Waals surface area contributed by atoms with Crippen LogP contribution in [0.1, 0.15) is 5.56 Å². The topological polar surface area (TPSA) is 12.9 Å². The van der Waals surface area contributed by atoms with Gasteiger partial charge in [-0.25, -0.2) is 4.39 Å². The minimum Gasteiger partial charge on any atom is -0.203 e. The minimum atomic E-state index is -1.81. The predicted octanol–water partition coefficient (Wildman–Crippen LogP) is 2.38. The summed E-state index contributed by atoms with van der Waals surface area (Å²) in [6.45, 7) is 0. The molecule has 12 heavy (non-hydrogen) atoms. The highest BCUT2D eigenvalue weighted by molar-refractivity contribution is 6.17. The summed E-state index contributed by atoms with van der Waals surface area (Å²) in [5, 5.41) is 0. The third kappa shape index (κ3) is 1.36. The fraction of sp³-hybridized carbons (Fsp3) is 0.167. The van der Waals surface area contributed by atoms with Crippen LogP contribution in [0.2, 0.25) is 0 Å². The van der Waals surface area contributed by atoms with Crippen molar-refractivity contribution >= 4 is 11.6 Å². The van der Waals surface area contributed by atoms with Gasteiger partial charge >= 0.3 is 0 Å². The first-order chi connectivity index (χ1) is 5.57. The fourth-order valence-corrected chi connectivity index (χ4v) is 0.858. The Morgan fingerprint density at radius 1 is 1.00 bits per heavy atom. The van der Waals surface area contributed by atoms with Crippen LogP contribution in [0.25, 0.3) is 0 Å². The van der Waals surface area contributed by atoms with Crippen molar-refractivity contribution in [1.29, 1.82) is 0 Å². The van der Waals surface area contributed by atoms with E-state index >= 15 is 0 Å². The highest BCUT2D eigenvalue weighted by Gasteiger charge is 2.19. The molecule has 1 heterocycles. The van der Waals surface area contributed by atoms with Crippen LogP contribution >= 0.6 is 11.6 Å². The maximum atomic E-state index is 12.5. The Morgan fingerprint density at radius 2 is 1.58 bits per heavy atom. The lowest BCUT2D eigenvalue weighted by atomic mass is 10.3. The molecule has 1 rings (SSSR count). The van der Waals surface area contributed by atoms with E-state index in [0.717, 1.165) is 0 Å². The fourth-order valence-electron chi connectivity index (χ4n) is 0.630. The molecule has 0 radical (unpaired) electrons. The summed E-state index contributed by atoms with van der Waals surface area (Å²) in [6, 6.07) is 0. The molecule has 0 unspecified atom stereocenters. The van der Waals surface area contributed by atoms with Crippen LogP contribution in [0.3, 0.4) is 0 Å². The Balaban J connectivity index is 3.40. The molecule has 0 atom stereocenters. The second kappa shape index (κ2) is 3.26. The molecule has 0 spiro atoms. The minimum absolute atomic E-state index is 0.595. The van der Waals surface area contributed by atoms with Crippen LogP contribution in [0.15, 0.2) is 0 Å². The molecule has 0 fully saturated rings. The Kier molecular flexibility index (Phi) is 2.52. The molecule has 1 aromatic heterocycles. The van der Waals surface area contributed by atoms with E-state index in [1.165, 1.54) is 0 Å². The maximum absolute atomic E-state index is 12.5. The molecule has 0 aliphatic rings. The lowest BCUT2D eigenvalue weighted by molar-refractivity contribution is 0.394. The molecule has 1 aromatic rings. The monoisotopic (exact) mass is 199 g/mol.